The second kappa shape index (κ2) is 5.10. The summed E-state index contributed by atoms with van der Waals surface area (Å²) in [6.07, 6.45) is 0. The molecule has 2 rings (SSSR count). The van der Waals surface area contributed by atoms with Crippen molar-refractivity contribution in [3.8, 4) is 0 Å². The van der Waals surface area contributed by atoms with Gasteiger partial charge in [-0.05, 0) is 41.4 Å². The molecule has 1 atom stereocenters. The first-order valence-electron chi connectivity index (χ1n) is 5.62. The zero-order valence-corrected chi connectivity index (χ0v) is 14.5. The largest absolute Gasteiger partial charge is 0.252 e. The lowest BCUT2D eigenvalue weighted by Crippen LogP contribution is -2.49. The summed E-state index contributed by atoms with van der Waals surface area (Å²) < 4.78 is 50.3. The molecule has 0 N–H and O–H groups in total. The van der Waals surface area contributed by atoms with Crippen molar-refractivity contribution in [2.75, 3.05) is 18.1 Å². The summed E-state index contributed by atoms with van der Waals surface area (Å²) in [6, 6.07) is 1.09. The van der Waals surface area contributed by atoms with Crippen LogP contribution in [0.15, 0.2) is 14.1 Å². The first-order chi connectivity index (χ1) is 8.63. The van der Waals surface area contributed by atoms with Crippen LogP contribution in [-0.2, 0) is 19.9 Å². The number of halogens is 1. The van der Waals surface area contributed by atoms with Crippen LogP contribution < -0.4 is 0 Å². The van der Waals surface area contributed by atoms with Crippen molar-refractivity contribution in [1.29, 1.82) is 0 Å². The average molecular weight is 388 g/mol. The molecule has 0 aromatic carbocycles. The van der Waals surface area contributed by atoms with Crippen LogP contribution in [0.3, 0.4) is 0 Å². The summed E-state index contributed by atoms with van der Waals surface area (Å²) in [5.41, 5.74) is 0.862. The molecule has 0 saturated carbocycles. The number of rotatable bonds is 2. The highest BCUT2D eigenvalue weighted by molar-refractivity contribution is 9.11. The smallest absolute Gasteiger partial charge is 0.229 e. The third kappa shape index (κ3) is 3.05. The lowest BCUT2D eigenvalue weighted by molar-refractivity contribution is 0.357. The Morgan fingerprint density at radius 2 is 2.11 bits per heavy atom. The summed E-state index contributed by atoms with van der Waals surface area (Å²) in [5, 5.41) is 0. The van der Waals surface area contributed by atoms with E-state index in [-0.39, 0.29) is 22.3 Å². The first kappa shape index (κ1) is 15.4. The van der Waals surface area contributed by atoms with Gasteiger partial charge in [0, 0.05) is 12.6 Å². The Morgan fingerprint density at radius 1 is 1.47 bits per heavy atom. The molecule has 2 heterocycles. The van der Waals surface area contributed by atoms with Crippen LogP contribution in [0, 0.1) is 6.92 Å². The molecule has 1 saturated heterocycles. The second-order valence-corrected chi connectivity index (χ2v) is 11.3. The number of thiophene rings is 1. The van der Waals surface area contributed by atoms with E-state index >= 15 is 0 Å². The van der Waals surface area contributed by atoms with Gasteiger partial charge in [-0.2, -0.15) is 4.31 Å². The number of nitrogens with zero attached hydrogens (tertiary/aromatic N) is 1. The van der Waals surface area contributed by atoms with E-state index in [1.807, 2.05) is 6.92 Å². The molecule has 0 amide bonds. The Balaban J connectivity index is 2.36. The van der Waals surface area contributed by atoms with Gasteiger partial charge >= 0.3 is 0 Å². The normalized spacial score (nSPS) is 24.5. The molecule has 1 fully saturated rings. The SMILES string of the molecule is Cc1cc(S(=O)(=O)N2CCS(=O)(=O)CC2C)sc1Br. The zero-order chi connectivity index (χ0) is 14.4. The maximum Gasteiger partial charge on any atom is 0.252 e. The van der Waals surface area contributed by atoms with Crippen LogP contribution in [0.4, 0.5) is 0 Å². The van der Waals surface area contributed by atoms with Crippen LogP contribution >= 0.6 is 27.3 Å². The second-order valence-electron chi connectivity index (χ2n) is 4.60. The summed E-state index contributed by atoms with van der Waals surface area (Å²) in [5.74, 6) is -0.222. The maximum absolute atomic E-state index is 12.5. The third-order valence-electron chi connectivity index (χ3n) is 3.01. The van der Waals surface area contributed by atoms with Crippen molar-refractivity contribution in [3.05, 3.63) is 15.4 Å². The number of aryl methyl sites for hydroxylation is 1. The molecule has 19 heavy (non-hydrogen) atoms. The van der Waals surface area contributed by atoms with E-state index < -0.39 is 25.9 Å². The van der Waals surface area contributed by atoms with Gasteiger partial charge < -0.3 is 0 Å². The highest BCUT2D eigenvalue weighted by atomic mass is 79.9. The first-order valence-corrected chi connectivity index (χ1v) is 10.5. The molecule has 0 spiro atoms. The summed E-state index contributed by atoms with van der Waals surface area (Å²) >= 11 is 4.46. The molecule has 1 aliphatic rings. The van der Waals surface area contributed by atoms with Gasteiger partial charge in [0.15, 0.2) is 9.84 Å². The van der Waals surface area contributed by atoms with Crippen molar-refractivity contribution < 1.29 is 16.8 Å². The molecule has 108 valence electrons. The van der Waals surface area contributed by atoms with Gasteiger partial charge in [0.25, 0.3) is 10.0 Å². The molecule has 1 aliphatic heterocycles. The molecule has 5 nitrogen and oxygen atoms in total. The molecule has 1 aromatic heterocycles. The van der Waals surface area contributed by atoms with Crippen molar-refractivity contribution in [3.63, 3.8) is 0 Å². The predicted octanol–water partition coefficient (Wildman–Crippen LogP) is 1.63. The van der Waals surface area contributed by atoms with E-state index in [1.54, 1.807) is 13.0 Å². The molecular formula is C10H14BrNO4S3. The standard InChI is InChI=1S/C10H14BrNO4S3/c1-7-5-9(17-10(7)11)19(15,16)12-3-4-18(13,14)6-8(12)2/h5,8H,3-4,6H2,1-2H3. The van der Waals surface area contributed by atoms with Gasteiger partial charge in [0.1, 0.15) is 4.21 Å². The van der Waals surface area contributed by atoms with Crippen molar-refractivity contribution in [1.82, 2.24) is 4.31 Å². The van der Waals surface area contributed by atoms with Gasteiger partial charge in [0.05, 0.1) is 15.3 Å². The Hall–Kier alpha value is 0.0400. The van der Waals surface area contributed by atoms with Gasteiger partial charge in [-0.25, -0.2) is 16.8 Å². The van der Waals surface area contributed by atoms with Crippen molar-refractivity contribution >= 4 is 47.1 Å². The van der Waals surface area contributed by atoms with E-state index in [0.717, 1.165) is 20.7 Å². The number of sulfonamides is 1. The predicted molar refractivity (Wildman–Crippen MR) is 78.8 cm³/mol. The zero-order valence-electron chi connectivity index (χ0n) is 10.5. The van der Waals surface area contributed by atoms with Gasteiger partial charge in [0.2, 0.25) is 0 Å². The van der Waals surface area contributed by atoms with E-state index in [9.17, 15) is 16.8 Å². The topological polar surface area (TPSA) is 71.5 Å². The number of hydrogen-bond donors (Lipinski definition) is 0. The molecular weight excluding hydrogens is 374 g/mol. The lowest BCUT2D eigenvalue weighted by Gasteiger charge is -2.31. The molecule has 0 aliphatic carbocycles. The Kier molecular flexibility index (Phi) is 4.14. The Labute approximate surface area is 125 Å². The molecule has 9 heteroatoms. The minimum Gasteiger partial charge on any atom is -0.229 e. The molecule has 0 bridgehead atoms. The fourth-order valence-corrected chi connectivity index (χ4v) is 7.77. The van der Waals surface area contributed by atoms with Gasteiger partial charge in [-0.15, -0.1) is 11.3 Å². The maximum atomic E-state index is 12.5. The van der Waals surface area contributed by atoms with Crippen LogP contribution in [0.2, 0.25) is 0 Å². The minimum absolute atomic E-state index is 0.0282. The van der Waals surface area contributed by atoms with Gasteiger partial charge in [-0.1, -0.05) is 0 Å². The van der Waals surface area contributed by atoms with Crippen LogP contribution in [0.1, 0.15) is 12.5 Å². The van der Waals surface area contributed by atoms with E-state index in [1.165, 1.54) is 4.31 Å². The van der Waals surface area contributed by atoms with E-state index in [4.69, 9.17) is 0 Å². The quantitative estimate of drug-likeness (QED) is 0.772. The van der Waals surface area contributed by atoms with Crippen LogP contribution in [0.5, 0.6) is 0 Å². The number of sulfone groups is 1. The summed E-state index contributed by atoms with van der Waals surface area (Å²) in [4.78, 5) is 0. The molecule has 1 unspecified atom stereocenters. The summed E-state index contributed by atoms with van der Waals surface area (Å²) in [6.45, 7) is 3.48. The average Bonchev–Trinajstić information content (AvgIpc) is 2.58. The molecule has 1 aromatic rings. The van der Waals surface area contributed by atoms with E-state index in [0.29, 0.717) is 0 Å². The minimum atomic E-state index is -3.61. The van der Waals surface area contributed by atoms with Crippen LogP contribution in [-0.4, -0.2) is 45.2 Å². The summed E-state index contributed by atoms with van der Waals surface area (Å²) in [7, 11) is -6.73. The fraction of sp³-hybridized carbons (Fsp3) is 0.600. The lowest BCUT2D eigenvalue weighted by atomic mass is 10.4. The highest BCUT2D eigenvalue weighted by Crippen LogP contribution is 2.33. The Bertz CT molecular complexity index is 673. The number of hydrogen-bond acceptors (Lipinski definition) is 5. The monoisotopic (exact) mass is 387 g/mol. The van der Waals surface area contributed by atoms with Crippen molar-refractivity contribution in [2.24, 2.45) is 0 Å². The third-order valence-corrected chi connectivity index (χ3v) is 9.40. The van der Waals surface area contributed by atoms with Gasteiger partial charge in [-0.3, -0.25) is 0 Å². The highest BCUT2D eigenvalue weighted by Gasteiger charge is 2.37. The molecule has 0 radical (unpaired) electrons. The van der Waals surface area contributed by atoms with Crippen LogP contribution in [0.25, 0.3) is 0 Å². The van der Waals surface area contributed by atoms with E-state index in [2.05, 4.69) is 15.9 Å². The Morgan fingerprint density at radius 3 is 2.58 bits per heavy atom. The fourth-order valence-electron chi connectivity index (χ4n) is 2.01. The van der Waals surface area contributed by atoms with Crippen molar-refractivity contribution in [2.45, 2.75) is 24.1 Å².